The van der Waals surface area contributed by atoms with Gasteiger partial charge in [-0.2, -0.15) is 0 Å². The molecule has 20 heavy (non-hydrogen) atoms. The highest BCUT2D eigenvalue weighted by molar-refractivity contribution is 9.10. The molecule has 0 aliphatic carbocycles. The van der Waals surface area contributed by atoms with Gasteiger partial charge in [0.05, 0.1) is 22.3 Å². The van der Waals surface area contributed by atoms with Crippen LogP contribution in [0.1, 0.15) is 5.76 Å². The number of fused-ring (bicyclic) bond motifs is 1. The molecule has 0 radical (unpaired) electrons. The summed E-state index contributed by atoms with van der Waals surface area (Å²) < 4.78 is 6.58. The van der Waals surface area contributed by atoms with Crippen molar-refractivity contribution < 1.29 is 4.42 Å². The van der Waals surface area contributed by atoms with E-state index in [-0.39, 0.29) is 0 Å². The zero-order chi connectivity index (χ0) is 14.1. The van der Waals surface area contributed by atoms with Crippen molar-refractivity contribution in [2.45, 2.75) is 6.54 Å². The smallest absolute Gasteiger partial charge is 0.134 e. The molecule has 0 amide bonds. The van der Waals surface area contributed by atoms with Gasteiger partial charge < -0.3 is 9.73 Å². The van der Waals surface area contributed by atoms with Crippen LogP contribution in [0.15, 0.2) is 51.4 Å². The lowest BCUT2D eigenvalue weighted by Crippen LogP contribution is -1.99. The molecule has 0 spiro atoms. The van der Waals surface area contributed by atoms with Crippen LogP contribution in [0.25, 0.3) is 11.0 Å². The quantitative estimate of drug-likeness (QED) is 0.601. The number of rotatable bonds is 3. The molecule has 2 nitrogen and oxygen atoms in total. The third kappa shape index (κ3) is 2.80. The number of benzene rings is 2. The lowest BCUT2D eigenvalue weighted by atomic mass is 10.2. The Hall–Kier alpha value is -1.16. The van der Waals surface area contributed by atoms with Crippen molar-refractivity contribution in [2.24, 2.45) is 0 Å². The standard InChI is InChI=1S/C15H10BrCl2NO/c16-10-6-12(17)15(13(18)7-10)19-8-11-5-9-3-1-2-4-14(9)20-11/h1-7,19H,8H2. The van der Waals surface area contributed by atoms with Gasteiger partial charge in [0.2, 0.25) is 0 Å². The highest BCUT2D eigenvalue weighted by Gasteiger charge is 2.09. The minimum Gasteiger partial charge on any atom is -0.459 e. The molecule has 1 heterocycles. The van der Waals surface area contributed by atoms with Crippen molar-refractivity contribution in [1.82, 2.24) is 0 Å². The van der Waals surface area contributed by atoms with Gasteiger partial charge in [0.15, 0.2) is 0 Å². The molecule has 1 aromatic heterocycles. The van der Waals surface area contributed by atoms with Crippen LogP contribution in [0.5, 0.6) is 0 Å². The Morgan fingerprint density at radius 3 is 2.45 bits per heavy atom. The number of hydrogen-bond donors (Lipinski definition) is 1. The maximum absolute atomic E-state index is 6.17. The Kier molecular flexibility index (Phi) is 3.92. The molecule has 102 valence electrons. The van der Waals surface area contributed by atoms with Crippen LogP contribution in [0, 0.1) is 0 Å². The molecule has 3 aromatic rings. The van der Waals surface area contributed by atoms with Crippen molar-refractivity contribution in [3.05, 3.63) is 62.7 Å². The van der Waals surface area contributed by atoms with Gasteiger partial charge in [-0.05, 0) is 24.3 Å². The zero-order valence-corrected chi connectivity index (χ0v) is 13.4. The van der Waals surface area contributed by atoms with Gasteiger partial charge in [-0.1, -0.05) is 57.3 Å². The largest absolute Gasteiger partial charge is 0.459 e. The Balaban J connectivity index is 1.83. The molecule has 0 unspecified atom stereocenters. The van der Waals surface area contributed by atoms with Crippen LogP contribution < -0.4 is 5.32 Å². The van der Waals surface area contributed by atoms with Gasteiger partial charge >= 0.3 is 0 Å². The van der Waals surface area contributed by atoms with Gasteiger partial charge in [-0.3, -0.25) is 0 Å². The van der Waals surface area contributed by atoms with Crippen molar-refractivity contribution >= 4 is 55.8 Å². The van der Waals surface area contributed by atoms with E-state index >= 15 is 0 Å². The van der Waals surface area contributed by atoms with Gasteiger partial charge in [-0.15, -0.1) is 0 Å². The van der Waals surface area contributed by atoms with Crippen LogP contribution in [0.4, 0.5) is 5.69 Å². The Morgan fingerprint density at radius 2 is 1.75 bits per heavy atom. The number of furan rings is 1. The fourth-order valence-electron chi connectivity index (χ4n) is 2.01. The van der Waals surface area contributed by atoms with Crippen molar-refractivity contribution in [2.75, 3.05) is 5.32 Å². The predicted octanol–water partition coefficient (Wildman–Crippen LogP) is 6.11. The lowest BCUT2D eigenvalue weighted by Gasteiger charge is -2.09. The van der Waals surface area contributed by atoms with Crippen LogP contribution >= 0.6 is 39.1 Å². The summed E-state index contributed by atoms with van der Waals surface area (Å²) in [5, 5.41) is 5.43. The van der Waals surface area contributed by atoms with Gasteiger partial charge in [-0.25, -0.2) is 0 Å². The van der Waals surface area contributed by atoms with Crippen LogP contribution in [-0.4, -0.2) is 0 Å². The van der Waals surface area contributed by atoms with E-state index in [4.69, 9.17) is 27.6 Å². The maximum atomic E-state index is 6.17. The number of para-hydroxylation sites is 1. The Bertz CT molecular complexity index is 713. The van der Waals surface area contributed by atoms with Crippen LogP contribution in [0.2, 0.25) is 10.0 Å². The van der Waals surface area contributed by atoms with E-state index in [9.17, 15) is 0 Å². The SMILES string of the molecule is Clc1cc(Br)cc(Cl)c1NCc1cc2ccccc2o1. The van der Waals surface area contributed by atoms with Crippen molar-refractivity contribution in [3.63, 3.8) is 0 Å². The van der Waals surface area contributed by atoms with Crippen LogP contribution in [0.3, 0.4) is 0 Å². The molecule has 1 N–H and O–H groups in total. The zero-order valence-electron chi connectivity index (χ0n) is 10.3. The van der Waals surface area contributed by atoms with E-state index in [1.54, 1.807) is 12.1 Å². The maximum Gasteiger partial charge on any atom is 0.134 e. The van der Waals surface area contributed by atoms with E-state index in [0.717, 1.165) is 21.2 Å². The van der Waals surface area contributed by atoms with E-state index < -0.39 is 0 Å². The lowest BCUT2D eigenvalue weighted by molar-refractivity contribution is 0.559. The van der Waals surface area contributed by atoms with Gasteiger partial charge in [0.25, 0.3) is 0 Å². The first-order valence-electron chi connectivity index (χ1n) is 5.99. The van der Waals surface area contributed by atoms with Crippen molar-refractivity contribution in [3.8, 4) is 0 Å². The topological polar surface area (TPSA) is 25.2 Å². The van der Waals surface area contributed by atoms with E-state index in [1.165, 1.54) is 0 Å². The molecular weight excluding hydrogens is 361 g/mol. The summed E-state index contributed by atoms with van der Waals surface area (Å²) in [6, 6.07) is 13.5. The average Bonchev–Trinajstić information content (AvgIpc) is 2.80. The third-order valence-electron chi connectivity index (χ3n) is 2.92. The van der Waals surface area contributed by atoms with Gasteiger partial charge in [0, 0.05) is 9.86 Å². The first kappa shape index (κ1) is 13.8. The molecule has 0 aliphatic heterocycles. The fraction of sp³-hybridized carbons (Fsp3) is 0.0667. The second-order valence-electron chi connectivity index (χ2n) is 4.35. The molecule has 0 saturated heterocycles. The molecule has 2 aromatic carbocycles. The second kappa shape index (κ2) is 5.68. The van der Waals surface area contributed by atoms with E-state index in [2.05, 4.69) is 21.2 Å². The highest BCUT2D eigenvalue weighted by atomic mass is 79.9. The molecule has 5 heteroatoms. The minimum atomic E-state index is 0.524. The molecule has 0 fully saturated rings. The normalized spacial score (nSPS) is 10.9. The average molecular weight is 371 g/mol. The summed E-state index contributed by atoms with van der Waals surface area (Å²) in [6.07, 6.45) is 0. The molecule has 0 aliphatic rings. The summed E-state index contributed by atoms with van der Waals surface area (Å²) in [5.41, 5.74) is 1.58. The summed E-state index contributed by atoms with van der Waals surface area (Å²) in [7, 11) is 0. The van der Waals surface area contributed by atoms with E-state index in [1.807, 2.05) is 30.3 Å². The molecule has 0 bridgehead atoms. The fourth-order valence-corrected chi connectivity index (χ4v) is 3.35. The van der Waals surface area contributed by atoms with Crippen LogP contribution in [-0.2, 0) is 6.54 Å². The first-order valence-corrected chi connectivity index (χ1v) is 7.54. The first-order chi connectivity index (χ1) is 9.63. The Labute approximate surface area is 134 Å². The summed E-state index contributed by atoms with van der Waals surface area (Å²) in [4.78, 5) is 0. The van der Waals surface area contributed by atoms with E-state index in [0.29, 0.717) is 22.3 Å². The molecule has 0 atom stereocenters. The molecule has 3 rings (SSSR count). The number of hydrogen-bond acceptors (Lipinski definition) is 2. The summed E-state index contributed by atoms with van der Waals surface area (Å²) >= 11 is 15.7. The molecule has 0 saturated carbocycles. The van der Waals surface area contributed by atoms with Crippen molar-refractivity contribution in [1.29, 1.82) is 0 Å². The highest BCUT2D eigenvalue weighted by Crippen LogP contribution is 2.34. The summed E-state index contributed by atoms with van der Waals surface area (Å²) in [5.74, 6) is 0.834. The number of nitrogens with one attached hydrogen (secondary N) is 1. The third-order valence-corrected chi connectivity index (χ3v) is 3.98. The Morgan fingerprint density at radius 1 is 1.05 bits per heavy atom. The minimum absolute atomic E-state index is 0.524. The second-order valence-corrected chi connectivity index (χ2v) is 6.08. The predicted molar refractivity (Wildman–Crippen MR) is 87.7 cm³/mol. The molecular formula is C15H10BrCl2NO. The summed E-state index contributed by atoms with van der Waals surface area (Å²) in [6.45, 7) is 0.524. The monoisotopic (exact) mass is 369 g/mol. The number of anilines is 1. The van der Waals surface area contributed by atoms with Gasteiger partial charge in [0.1, 0.15) is 11.3 Å². The number of halogens is 3.